The van der Waals surface area contributed by atoms with E-state index < -0.39 is 0 Å². The van der Waals surface area contributed by atoms with Gasteiger partial charge in [0.05, 0.1) is 5.69 Å². The van der Waals surface area contributed by atoms with Crippen molar-refractivity contribution in [1.82, 2.24) is 9.88 Å². The molecule has 94 valence electrons. The number of likely N-dealkylation sites (tertiary alicyclic amines) is 1. The van der Waals surface area contributed by atoms with E-state index in [9.17, 15) is 0 Å². The van der Waals surface area contributed by atoms with Crippen molar-refractivity contribution in [2.45, 2.75) is 44.8 Å². The Bertz CT molecular complexity index is 369. The monoisotopic (exact) mass is 253 g/mol. The third kappa shape index (κ3) is 3.18. The fourth-order valence-electron chi connectivity index (χ4n) is 2.60. The lowest BCUT2D eigenvalue weighted by Gasteiger charge is -2.40. The summed E-state index contributed by atoms with van der Waals surface area (Å²) in [4.78, 5) is 6.81. The number of hydrogen-bond acceptors (Lipinski definition) is 3. The van der Waals surface area contributed by atoms with Crippen molar-refractivity contribution in [1.29, 1.82) is 0 Å². The average molecular weight is 254 g/mol. The van der Waals surface area contributed by atoms with E-state index in [1.807, 2.05) is 18.2 Å². The minimum absolute atomic E-state index is 0.486. The van der Waals surface area contributed by atoms with E-state index >= 15 is 0 Å². The zero-order valence-electron chi connectivity index (χ0n) is 10.3. The summed E-state index contributed by atoms with van der Waals surface area (Å²) in [6.45, 7) is 3.85. The molecule has 1 saturated heterocycles. The second-order valence-corrected chi connectivity index (χ2v) is 5.18. The highest BCUT2D eigenvalue weighted by molar-refractivity contribution is 6.29. The normalized spacial score (nSPS) is 26.1. The van der Waals surface area contributed by atoms with Gasteiger partial charge in [0, 0.05) is 25.2 Å². The molecule has 0 aliphatic carbocycles. The summed E-state index contributed by atoms with van der Waals surface area (Å²) in [5.74, 6) is 0. The van der Waals surface area contributed by atoms with Gasteiger partial charge in [-0.05, 0) is 31.9 Å². The topological polar surface area (TPSA) is 42.1 Å². The van der Waals surface area contributed by atoms with Crippen LogP contribution in [-0.4, -0.2) is 28.5 Å². The molecule has 2 atom stereocenters. The summed E-state index contributed by atoms with van der Waals surface area (Å²) in [6, 6.07) is 6.86. The number of pyridine rings is 1. The van der Waals surface area contributed by atoms with Crippen molar-refractivity contribution < 1.29 is 0 Å². The maximum absolute atomic E-state index is 5.91. The molecule has 2 heterocycles. The molecule has 1 aliphatic heterocycles. The van der Waals surface area contributed by atoms with Crippen molar-refractivity contribution in [2.24, 2.45) is 5.73 Å². The molecule has 0 saturated carbocycles. The molecule has 1 aromatic heterocycles. The molecule has 2 N–H and O–H groups in total. The highest BCUT2D eigenvalue weighted by Gasteiger charge is 2.26. The zero-order valence-corrected chi connectivity index (χ0v) is 11.0. The Morgan fingerprint density at radius 1 is 1.47 bits per heavy atom. The van der Waals surface area contributed by atoms with E-state index in [2.05, 4.69) is 16.8 Å². The Kier molecular flexibility index (Phi) is 4.37. The molecule has 0 radical (unpaired) electrons. The van der Waals surface area contributed by atoms with Gasteiger partial charge in [0.25, 0.3) is 0 Å². The first-order chi connectivity index (χ1) is 8.20. The molecule has 0 amide bonds. The van der Waals surface area contributed by atoms with Crippen LogP contribution in [0.2, 0.25) is 5.15 Å². The Morgan fingerprint density at radius 2 is 2.29 bits per heavy atom. The first kappa shape index (κ1) is 12.8. The van der Waals surface area contributed by atoms with Crippen LogP contribution in [-0.2, 0) is 6.54 Å². The average Bonchev–Trinajstić information content (AvgIpc) is 2.32. The molecule has 0 aromatic carbocycles. The van der Waals surface area contributed by atoms with E-state index in [4.69, 9.17) is 17.3 Å². The Labute approximate surface area is 108 Å². The molecular weight excluding hydrogens is 234 g/mol. The van der Waals surface area contributed by atoms with Gasteiger partial charge in [-0.15, -0.1) is 0 Å². The van der Waals surface area contributed by atoms with Crippen LogP contribution in [0.4, 0.5) is 0 Å². The first-order valence-corrected chi connectivity index (χ1v) is 6.65. The lowest BCUT2D eigenvalue weighted by molar-refractivity contribution is 0.0878. The van der Waals surface area contributed by atoms with E-state index in [1.165, 1.54) is 19.3 Å². The van der Waals surface area contributed by atoms with Crippen LogP contribution in [0.1, 0.15) is 31.9 Å². The third-order valence-corrected chi connectivity index (χ3v) is 3.79. The first-order valence-electron chi connectivity index (χ1n) is 6.28. The highest BCUT2D eigenvalue weighted by Crippen LogP contribution is 2.24. The summed E-state index contributed by atoms with van der Waals surface area (Å²) in [6.07, 6.45) is 3.72. The smallest absolute Gasteiger partial charge is 0.129 e. The van der Waals surface area contributed by atoms with Gasteiger partial charge in [-0.2, -0.15) is 0 Å². The Balaban J connectivity index is 2.09. The second-order valence-electron chi connectivity index (χ2n) is 4.79. The number of nitrogens with zero attached hydrogens (tertiary/aromatic N) is 2. The summed E-state index contributed by atoms with van der Waals surface area (Å²) in [7, 11) is 0. The van der Waals surface area contributed by atoms with Crippen molar-refractivity contribution in [3.8, 4) is 0 Å². The van der Waals surface area contributed by atoms with Gasteiger partial charge in [-0.3, -0.25) is 4.90 Å². The maximum atomic E-state index is 5.91. The van der Waals surface area contributed by atoms with Crippen LogP contribution < -0.4 is 5.73 Å². The number of aromatic nitrogens is 1. The summed E-state index contributed by atoms with van der Waals surface area (Å²) >= 11 is 5.91. The van der Waals surface area contributed by atoms with E-state index in [0.717, 1.165) is 18.8 Å². The molecular formula is C13H20ClN3. The van der Waals surface area contributed by atoms with E-state index in [1.54, 1.807) is 0 Å². The molecule has 2 unspecified atom stereocenters. The predicted molar refractivity (Wildman–Crippen MR) is 70.9 cm³/mol. The van der Waals surface area contributed by atoms with Crippen molar-refractivity contribution in [3.05, 3.63) is 29.0 Å². The molecule has 2 rings (SSSR count). The van der Waals surface area contributed by atoms with Gasteiger partial charge in [-0.1, -0.05) is 24.1 Å². The minimum Gasteiger partial charge on any atom is -0.329 e. The fourth-order valence-corrected chi connectivity index (χ4v) is 2.79. The number of piperidine rings is 1. The highest BCUT2D eigenvalue weighted by atomic mass is 35.5. The Hall–Kier alpha value is -0.640. The van der Waals surface area contributed by atoms with Gasteiger partial charge in [-0.25, -0.2) is 4.98 Å². The molecule has 4 heteroatoms. The van der Waals surface area contributed by atoms with Crippen LogP contribution in [0.15, 0.2) is 18.2 Å². The molecule has 3 nitrogen and oxygen atoms in total. The van der Waals surface area contributed by atoms with Crippen LogP contribution in [0.25, 0.3) is 0 Å². The predicted octanol–water partition coefficient (Wildman–Crippen LogP) is 2.44. The Morgan fingerprint density at radius 3 is 3.00 bits per heavy atom. The quantitative estimate of drug-likeness (QED) is 0.842. The molecule has 1 aromatic rings. The van der Waals surface area contributed by atoms with Crippen LogP contribution in [0.3, 0.4) is 0 Å². The van der Waals surface area contributed by atoms with Gasteiger partial charge in [0.15, 0.2) is 0 Å². The molecule has 1 fully saturated rings. The minimum atomic E-state index is 0.486. The summed E-state index contributed by atoms with van der Waals surface area (Å²) < 4.78 is 0. The lowest BCUT2D eigenvalue weighted by Crippen LogP contribution is -2.48. The third-order valence-electron chi connectivity index (χ3n) is 3.58. The fraction of sp³-hybridized carbons (Fsp3) is 0.615. The number of halogens is 1. The second kappa shape index (κ2) is 5.80. The standard InChI is InChI=1S/C13H20ClN3/c1-10-4-2-6-12(8-15)17(10)9-11-5-3-7-13(14)16-11/h3,5,7,10,12H,2,4,6,8-9,15H2,1H3. The zero-order chi connectivity index (χ0) is 12.3. The van der Waals surface area contributed by atoms with Crippen molar-refractivity contribution in [2.75, 3.05) is 6.54 Å². The molecule has 0 spiro atoms. The molecule has 1 aliphatic rings. The summed E-state index contributed by atoms with van der Waals surface area (Å²) in [5, 5.41) is 0.566. The number of nitrogens with two attached hydrogens (primary N) is 1. The van der Waals surface area contributed by atoms with Crippen molar-refractivity contribution >= 4 is 11.6 Å². The van der Waals surface area contributed by atoms with Gasteiger partial charge < -0.3 is 5.73 Å². The lowest BCUT2D eigenvalue weighted by atomic mass is 9.96. The number of hydrogen-bond donors (Lipinski definition) is 1. The SMILES string of the molecule is CC1CCCC(CN)N1Cc1cccc(Cl)n1. The van der Waals surface area contributed by atoms with Gasteiger partial charge in [0.2, 0.25) is 0 Å². The van der Waals surface area contributed by atoms with E-state index in [-0.39, 0.29) is 0 Å². The maximum Gasteiger partial charge on any atom is 0.129 e. The van der Waals surface area contributed by atoms with Crippen LogP contribution in [0, 0.1) is 0 Å². The van der Waals surface area contributed by atoms with Gasteiger partial charge >= 0.3 is 0 Å². The molecule has 17 heavy (non-hydrogen) atoms. The number of rotatable bonds is 3. The largest absolute Gasteiger partial charge is 0.329 e. The van der Waals surface area contributed by atoms with Crippen molar-refractivity contribution in [3.63, 3.8) is 0 Å². The van der Waals surface area contributed by atoms with Crippen LogP contribution in [0.5, 0.6) is 0 Å². The van der Waals surface area contributed by atoms with Crippen LogP contribution >= 0.6 is 11.6 Å². The summed E-state index contributed by atoms with van der Waals surface area (Å²) in [5.41, 5.74) is 6.88. The molecule has 0 bridgehead atoms. The van der Waals surface area contributed by atoms with E-state index in [0.29, 0.717) is 17.2 Å². The van der Waals surface area contributed by atoms with Gasteiger partial charge in [0.1, 0.15) is 5.15 Å².